The number of nitrogens with one attached hydrogen (secondary N) is 2. The van der Waals surface area contributed by atoms with Crippen molar-refractivity contribution >= 4 is 21.6 Å². The van der Waals surface area contributed by atoms with Crippen molar-refractivity contribution < 1.29 is 18.3 Å². The number of aliphatic hydroxyl groups excluding tert-OH is 1. The molecule has 1 atom stereocenters. The fraction of sp³-hybridized carbons (Fsp3) is 0.278. The Morgan fingerprint density at radius 2 is 1.68 bits per heavy atom. The third-order valence-corrected chi connectivity index (χ3v) is 5.38. The van der Waals surface area contributed by atoms with Crippen molar-refractivity contribution in [3.63, 3.8) is 0 Å². The van der Waals surface area contributed by atoms with Gasteiger partial charge >= 0.3 is 0 Å². The Balaban J connectivity index is 1.70. The van der Waals surface area contributed by atoms with Crippen LogP contribution in [0.5, 0.6) is 0 Å². The number of hydrogen-bond donors (Lipinski definition) is 3. The Morgan fingerprint density at radius 1 is 1.08 bits per heavy atom. The van der Waals surface area contributed by atoms with Gasteiger partial charge in [-0.15, -0.1) is 0 Å². The molecule has 0 aromatic heterocycles. The predicted molar refractivity (Wildman–Crippen MR) is 94.8 cm³/mol. The molecule has 2 aromatic rings. The average molecular weight is 360 g/mol. The lowest BCUT2D eigenvalue weighted by molar-refractivity contribution is 0.0951. The number of hydrogen-bond acceptors (Lipinski definition) is 4. The molecular weight excluding hydrogens is 340 g/mol. The summed E-state index contributed by atoms with van der Waals surface area (Å²) in [4.78, 5) is 12.0. The number of aliphatic hydroxyl groups is 1. The number of anilines is 1. The lowest BCUT2D eigenvalue weighted by Crippen LogP contribution is -2.25. The van der Waals surface area contributed by atoms with E-state index in [1.54, 1.807) is 43.3 Å². The molecule has 132 valence electrons. The molecule has 6 nitrogen and oxygen atoms in total. The molecule has 1 saturated carbocycles. The first-order chi connectivity index (χ1) is 11.8. The molecule has 0 saturated heterocycles. The summed E-state index contributed by atoms with van der Waals surface area (Å²) in [5.74, 6) is -0.148. The minimum atomic E-state index is -3.73. The molecule has 3 rings (SSSR count). The summed E-state index contributed by atoms with van der Waals surface area (Å²) in [6.45, 7) is 1.61. The number of sulfonamides is 1. The molecular formula is C18H20N2O4S. The molecule has 0 spiro atoms. The van der Waals surface area contributed by atoms with E-state index < -0.39 is 16.1 Å². The van der Waals surface area contributed by atoms with Crippen molar-refractivity contribution in [3.05, 3.63) is 59.7 Å². The van der Waals surface area contributed by atoms with Crippen LogP contribution in [0.15, 0.2) is 53.4 Å². The Bertz CT molecular complexity index is 855. The quantitative estimate of drug-likeness (QED) is 0.737. The Hall–Kier alpha value is -2.38. The van der Waals surface area contributed by atoms with E-state index >= 15 is 0 Å². The molecule has 25 heavy (non-hydrogen) atoms. The molecule has 0 aliphatic heterocycles. The van der Waals surface area contributed by atoms with E-state index in [0.717, 1.165) is 12.8 Å². The topological polar surface area (TPSA) is 95.5 Å². The molecule has 0 bridgehead atoms. The zero-order valence-corrected chi connectivity index (χ0v) is 14.6. The van der Waals surface area contributed by atoms with Gasteiger partial charge in [-0.1, -0.05) is 12.1 Å². The van der Waals surface area contributed by atoms with E-state index in [0.29, 0.717) is 16.8 Å². The molecule has 0 heterocycles. The summed E-state index contributed by atoms with van der Waals surface area (Å²) in [6, 6.07) is 12.6. The minimum Gasteiger partial charge on any atom is -0.389 e. The first-order valence-corrected chi connectivity index (χ1v) is 9.55. The van der Waals surface area contributed by atoms with Crippen molar-refractivity contribution in [3.8, 4) is 0 Å². The highest BCUT2D eigenvalue weighted by molar-refractivity contribution is 7.92. The van der Waals surface area contributed by atoms with Crippen LogP contribution in [-0.4, -0.2) is 25.5 Å². The second-order valence-corrected chi connectivity index (χ2v) is 7.86. The first-order valence-electron chi connectivity index (χ1n) is 8.07. The largest absolute Gasteiger partial charge is 0.389 e. The monoisotopic (exact) mass is 360 g/mol. The van der Waals surface area contributed by atoms with Gasteiger partial charge in [-0.05, 0) is 61.7 Å². The summed E-state index contributed by atoms with van der Waals surface area (Å²) < 4.78 is 27.3. The molecule has 1 aliphatic carbocycles. The molecule has 7 heteroatoms. The molecule has 0 unspecified atom stereocenters. The molecule has 2 aromatic carbocycles. The van der Waals surface area contributed by atoms with E-state index in [-0.39, 0.29) is 16.8 Å². The van der Waals surface area contributed by atoms with E-state index in [2.05, 4.69) is 10.0 Å². The van der Waals surface area contributed by atoms with Crippen LogP contribution in [0.4, 0.5) is 5.69 Å². The van der Waals surface area contributed by atoms with Gasteiger partial charge < -0.3 is 10.4 Å². The maximum absolute atomic E-state index is 12.4. The van der Waals surface area contributed by atoms with Gasteiger partial charge in [-0.25, -0.2) is 8.42 Å². The Morgan fingerprint density at radius 3 is 2.20 bits per heavy atom. The van der Waals surface area contributed by atoms with Gasteiger partial charge in [-0.2, -0.15) is 0 Å². The van der Waals surface area contributed by atoms with Gasteiger partial charge in [0.1, 0.15) is 0 Å². The number of benzene rings is 2. The highest BCUT2D eigenvalue weighted by Crippen LogP contribution is 2.21. The lowest BCUT2D eigenvalue weighted by atomic mass is 10.1. The van der Waals surface area contributed by atoms with Gasteiger partial charge in [0.15, 0.2) is 0 Å². The van der Waals surface area contributed by atoms with Crippen LogP contribution in [0.3, 0.4) is 0 Å². The summed E-state index contributed by atoms with van der Waals surface area (Å²) in [7, 11) is -3.73. The van der Waals surface area contributed by atoms with Gasteiger partial charge in [-0.3, -0.25) is 9.52 Å². The molecule has 1 aliphatic rings. The fourth-order valence-electron chi connectivity index (χ4n) is 2.33. The summed E-state index contributed by atoms with van der Waals surface area (Å²) in [6.07, 6.45) is 1.37. The van der Waals surface area contributed by atoms with Crippen LogP contribution in [0, 0.1) is 0 Å². The van der Waals surface area contributed by atoms with Crippen molar-refractivity contribution in [1.82, 2.24) is 5.32 Å². The number of carbonyl (C=O) groups excluding carboxylic acids is 1. The van der Waals surface area contributed by atoms with Crippen molar-refractivity contribution in [2.24, 2.45) is 0 Å². The van der Waals surface area contributed by atoms with Crippen LogP contribution in [0.2, 0.25) is 0 Å². The lowest BCUT2D eigenvalue weighted by Gasteiger charge is -2.10. The van der Waals surface area contributed by atoms with Crippen molar-refractivity contribution in [2.75, 3.05) is 4.72 Å². The molecule has 3 N–H and O–H groups in total. The predicted octanol–water partition coefficient (Wildman–Crippen LogP) is 2.43. The van der Waals surface area contributed by atoms with Gasteiger partial charge in [0, 0.05) is 17.3 Å². The minimum absolute atomic E-state index is 0.104. The summed E-state index contributed by atoms with van der Waals surface area (Å²) >= 11 is 0. The number of amides is 1. The smallest absolute Gasteiger partial charge is 0.261 e. The standard InChI is InChI=1S/C18H20N2O4S/c1-12(21)13-4-10-17(11-5-13)25(23,24)20-16-6-2-14(3-7-16)18(22)19-15-8-9-15/h2-7,10-12,15,20-21H,8-9H2,1H3,(H,19,22)/t12-/m0/s1. The third kappa shape index (κ3) is 4.37. The second kappa shape index (κ2) is 6.85. The van der Waals surface area contributed by atoms with Gasteiger partial charge in [0.25, 0.3) is 15.9 Å². The maximum Gasteiger partial charge on any atom is 0.261 e. The first kappa shape index (κ1) is 17.4. The summed E-state index contributed by atoms with van der Waals surface area (Å²) in [5.41, 5.74) is 1.52. The van der Waals surface area contributed by atoms with Gasteiger partial charge in [0.2, 0.25) is 0 Å². The molecule has 0 radical (unpaired) electrons. The van der Waals surface area contributed by atoms with Crippen LogP contribution in [-0.2, 0) is 10.0 Å². The average Bonchev–Trinajstić information content (AvgIpc) is 3.39. The number of carbonyl (C=O) groups is 1. The van der Waals surface area contributed by atoms with E-state index in [1.165, 1.54) is 12.1 Å². The van der Waals surface area contributed by atoms with Crippen LogP contribution in [0.25, 0.3) is 0 Å². The SMILES string of the molecule is C[C@H](O)c1ccc(S(=O)(=O)Nc2ccc(C(=O)NC3CC3)cc2)cc1. The number of rotatable bonds is 6. The normalized spacial score (nSPS) is 15.4. The highest BCUT2D eigenvalue weighted by atomic mass is 32.2. The van der Waals surface area contributed by atoms with E-state index in [1.807, 2.05) is 0 Å². The van der Waals surface area contributed by atoms with Crippen LogP contribution >= 0.6 is 0 Å². The Labute approximate surface area is 146 Å². The summed E-state index contributed by atoms with van der Waals surface area (Å²) in [5, 5.41) is 12.4. The van der Waals surface area contributed by atoms with Gasteiger partial charge in [0.05, 0.1) is 11.0 Å². The van der Waals surface area contributed by atoms with Crippen LogP contribution in [0.1, 0.15) is 41.8 Å². The van der Waals surface area contributed by atoms with E-state index in [4.69, 9.17) is 0 Å². The van der Waals surface area contributed by atoms with Crippen LogP contribution < -0.4 is 10.0 Å². The second-order valence-electron chi connectivity index (χ2n) is 6.18. The third-order valence-electron chi connectivity index (χ3n) is 3.98. The maximum atomic E-state index is 12.4. The zero-order chi connectivity index (χ0) is 18.0. The Kier molecular flexibility index (Phi) is 4.78. The molecule has 1 amide bonds. The highest BCUT2D eigenvalue weighted by Gasteiger charge is 2.23. The van der Waals surface area contributed by atoms with Crippen molar-refractivity contribution in [1.29, 1.82) is 0 Å². The van der Waals surface area contributed by atoms with Crippen molar-refractivity contribution in [2.45, 2.75) is 36.8 Å². The van der Waals surface area contributed by atoms with E-state index in [9.17, 15) is 18.3 Å². The molecule has 1 fully saturated rings. The zero-order valence-electron chi connectivity index (χ0n) is 13.8. The fourth-order valence-corrected chi connectivity index (χ4v) is 3.38.